The lowest BCUT2D eigenvalue weighted by Gasteiger charge is -2.09. The van der Waals surface area contributed by atoms with Crippen LogP contribution in [0.4, 0.5) is 4.39 Å². The van der Waals surface area contributed by atoms with Crippen LogP contribution in [-0.4, -0.2) is 15.4 Å². The molecule has 0 bridgehead atoms. The molecule has 0 fully saturated rings. The van der Waals surface area contributed by atoms with Gasteiger partial charge in [0, 0.05) is 12.3 Å². The first kappa shape index (κ1) is 15.9. The smallest absolute Gasteiger partial charge is 0.345 e. The summed E-state index contributed by atoms with van der Waals surface area (Å²) in [5, 5.41) is 0. The third kappa shape index (κ3) is 3.32. The number of aryl methyl sites for hydroxylation is 1. The van der Waals surface area contributed by atoms with Crippen molar-refractivity contribution in [1.29, 1.82) is 0 Å². The Morgan fingerprint density at radius 2 is 2.00 bits per heavy atom. The molecule has 1 atom stereocenters. The summed E-state index contributed by atoms with van der Waals surface area (Å²) >= 11 is 0. The van der Waals surface area contributed by atoms with Crippen molar-refractivity contribution in [2.75, 3.05) is 0 Å². The number of nitrogens with zero attached hydrogens (tertiary/aromatic N) is 2. The number of hydrogen-bond donors (Lipinski definition) is 0. The molecule has 3 rings (SSSR count). The molecule has 3 aromatic rings. The van der Waals surface area contributed by atoms with Crippen molar-refractivity contribution in [1.82, 2.24) is 9.38 Å². The maximum atomic E-state index is 14.0. The van der Waals surface area contributed by atoms with E-state index in [1.807, 2.05) is 13.0 Å². The third-order valence-electron chi connectivity index (χ3n) is 3.52. The molecule has 0 saturated carbocycles. The number of hydrogen-bond acceptors (Lipinski definition) is 4. The van der Waals surface area contributed by atoms with Gasteiger partial charge in [0.25, 0.3) is 5.56 Å². The summed E-state index contributed by atoms with van der Waals surface area (Å²) in [7, 11) is 0. The lowest BCUT2D eigenvalue weighted by Crippen LogP contribution is -2.18. The number of aromatic nitrogens is 2. The molecule has 0 aliphatic rings. The molecule has 5 nitrogen and oxygen atoms in total. The lowest BCUT2D eigenvalue weighted by atomic mass is 10.1. The summed E-state index contributed by atoms with van der Waals surface area (Å²) in [6.07, 6.45) is -0.191. The van der Waals surface area contributed by atoms with Crippen LogP contribution in [0.1, 0.15) is 23.0 Å². The van der Waals surface area contributed by atoms with Crippen LogP contribution in [0.25, 0.3) is 5.65 Å². The van der Waals surface area contributed by atoms with E-state index in [4.69, 9.17) is 4.74 Å². The average Bonchev–Trinajstić information content (AvgIpc) is 2.60. The fourth-order valence-electron chi connectivity index (χ4n) is 2.31. The molecule has 6 heteroatoms. The average molecular weight is 326 g/mol. The maximum Gasteiger partial charge on any atom is 0.345 e. The molecule has 1 unspecified atom stereocenters. The zero-order chi connectivity index (χ0) is 17.1. The minimum Gasteiger partial charge on any atom is -0.457 e. The van der Waals surface area contributed by atoms with Crippen molar-refractivity contribution in [3.63, 3.8) is 0 Å². The summed E-state index contributed by atoms with van der Waals surface area (Å²) < 4.78 is 20.4. The molecular weight excluding hydrogens is 311 g/mol. The van der Waals surface area contributed by atoms with Gasteiger partial charge in [-0.05, 0) is 24.1 Å². The molecule has 1 aromatic carbocycles. The Morgan fingerprint density at radius 1 is 1.25 bits per heavy atom. The highest BCUT2D eigenvalue weighted by atomic mass is 19.1. The summed E-state index contributed by atoms with van der Waals surface area (Å²) in [4.78, 5) is 28.1. The fraction of sp³-hybridized carbons (Fsp3) is 0.167. The molecule has 2 aromatic heterocycles. The van der Waals surface area contributed by atoms with Crippen LogP contribution in [0.2, 0.25) is 0 Å². The molecule has 122 valence electrons. The second-order valence-corrected chi connectivity index (χ2v) is 5.40. The highest BCUT2D eigenvalue weighted by Gasteiger charge is 2.21. The lowest BCUT2D eigenvalue weighted by molar-refractivity contribution is -0.151. The Kier molecular flexibility index (Phi) is 4.37. The Balaban J connectivity index is 1.75. The van der Waals surface area contributed by atoms with Crippen molar-refractivity contribution in [2.45, 2.75) is 19.7 Å². The molecular formula is C18H15FN2O3. The minimum atomic E-state index is -1.87. The van der Waals surface area contributed by atoms with Crippen molar-refractivity contribution < 1.29 is 13.9 Å². The van der Waals surface area contributed by atoms with Crippen molar-refractivity contribution >= 4 is 11.6 Å². The van der Waals surface area contributed by atoms with Crippen LogP contribution in [0.3, 0.4) is 0 Å². The van der Waals surface area contributed by atoms with Gasteiger partial charge in [0.1, 0.15) is 12.3 Å². The van der Waals surface area contributed by atoms with E-state index >= 15 is 0 Å². The van der Waals surface area contributed by atoms with E-state index in [9.17, 15) is 14.0 Å². The Morgan fingerprint density at radius 3 is 2.75 bits per heavy atom. The van der Waals surface area contributed by atoms with Crippen LogP contribution in [0, 0.1) is 6.92 Å². The molecule has 0 radical (unpaired) electrons. The molecule has 0 amide bonds. The largest absolute Gasteiger partial charge is 0.457 e. The van der Waals surface area contributed by atoms with Gasteiger partial charge in [-0.25, -0.2) is 14.2 Å². The molecule has 0 saturated heterocycles. The first-order valence-electron chi connectivity index (χ1n) is 7.39. The van der Waals surface area contributed by atoms with Crippen molar-refractivity contribution in [3.8, 4) is 0 Å². The van der Waals surface area contributed by atoms with Gasteiger partial charge in [0.15, 0.2) is 0 Å². The predicted octanol–water partition coefficient (Wildman–Crippen LogP) is 2.76. The van der Waals surface area contributed by atoms with Crippen LogP contribution in [0.15, 0.2) is 59.5 Å². The number of carbonyl (C=O) groups is 1. The van der Waals surface area contributed by atoms with E-state index in [0.29, 0.717) is 5.65 Å². The van der Waals surface area contributed by atoms with Gasteiger partial charge < -0.3 is 4.74 Å². The Labute approximate surface area is 137 Å². The van der Waals surface area contributed by atoms with Crippen molar-refractivity contribution in [2.24, 2.45) is 0 Å². The van der Waals surface area contributed by atoms with E-state index in [1.54, 1.807) is 30.5 Å². The maximum absolute atomic E-state index is 14.0. The SMILES string of the molecule is Cc1ccc2nc(COC(=O)C(F)c3ccccc3)cc(=O)n2c1. The van der Waals surface area contributed by atoms with Gasteiger partial charge in [0.05, 0.1) is 5.69 Å². The van der Waals surface area contributed by atoms with Gasteiger partial charge in [-0.1, -0.05) is 36.4 Å². The number of carbonyl (C=O) groups excluding carboxylic acids is 1. The van der Waals surface area contributed by atoms with Crippen LogP contribution in [-0.2, 0) is 16.1 Å². The first-order valence-corrected chi connectivity index (χ1v) is 7.39. The zero-order valence-corrected chi connectivity index (χ0v) is 13.0. The van der Waals surface area contributed by atoms with E-state index in [2.05, 4.69) is 4.98 Å². The summed E-state index contributed by atoms with van der Waals surface area (Å²) in [5.74, 6) is -1.01. The van der Waals surface area contributed by atoms with Crippen LogP contribution in [0.5, 0.6) is 0 Å². The number of fused-ring (bicyclic) bond motifs is 1. The van der Waals surface area contributed by atoms with Crippen LogP contribution >= 0.6 is 0 Å². The second-order valence-electron chi connectivity index (χ2n) is 5.40. The number of alkyl halides is 1. The number of rotatable bonds is 4. The molecule has 24 heavy (non-hydrogen) atoms. The second kappa shape index (κ2) is 6.62. The Bertz CT molecular complexity index is 938. The minimum absolute atomic E-state index is 0.226. The molecule has 0 aliphatic carbocycles. The Hall–Kier alpha value is -3.02. The first-order chi connectivity index (χ1) is 11.5. The highest BCUT2D eigenvalue weighted by Crippen LogP contribution is 2.19. The van der Waals surface area contributed by atoms with E-state index in [-0.39, 0.29) is 23.4 Å². The van der Waals surface area contributed by atoms with Gasteiger partial charge >= 0.3 is 5.97 Å². The number of ether oxygens (including phenoxy) is 1. The summed E-state index contributed by atoms with van der Waals surface area (Å²) in [6, 6.07) is 12.8. The quantitative estimate of drug-likeness (QED) is 0.692. The zero-order valence-electron chi connectivity index (χ0n) is 13.0. The van der Waals surface area contributed by atoms with Crippen LogP contribution < -0.4 is 5.56 Å². The number of pyridine rings is 1. The van der Waals surface area contributed by atoms with E-state index in [1.165, 1.54) is 22.6 Å². The normalized spacial score (nSPS) is 12.1. The highest BCUT2D eigenvalue weighted by molar-refractivity contribution is 5.76. The molecule has 0 N–H and O–H groups in total. The summed E-state index contributed by atoms with van der Waals surface area (Å²) in [5.41, 5.74) is 1.59. The van der Waals surface area contributed by atoms with Gasteiger partial charge in [-0.15, -0.1) is 0 Å². The van der Waals surface area contributed by atoms with Gasteiger partial charge in [0.2, 0.25) is 6.17 Å². The van der Waals surface area contributed by atoms with Gasteiger partial charge in [-0.2, -0.15) is 0 Å². The number of esters is 1. The van der Waals surface area contributed by atoms with E-state index < -0.39 is 12.1 Å². The molecule has 2 heterocycles. The number of halogens is 1. The topological polar surface area (TPSA) is 60.7 Å². The monoisotopic (exact) mass is 326 g/mol. The number of benzene rings is 1. The standard InChI is InChI=1S/C18H15FN2O3/c1-12-7-8-15-20-14(9-16(22)21(15)10-12)11-24-18(23)17(19)13-5-3-2-4-6-13/h2-10,17H,11H2,1H3. The fourth-order valence-corrected chi connectivity index (χ4v) is 2.31. The predicted molar refractivity (Wildman–Crippen MR) is 86.3 cm³/mol. The third-order valence-corrected chi connectivity index (χ3v) is 3.52. The molecule has 0 spiro atoms. The molecule has 0 aliphatic heterocycles. The van der Waals surface area contributed by atoms with E-state index in [0.717, 1.165) is 5.56 Å². The summed E-state index contributed by atoms with van der Waals surface area (Å²) in [6.45, 7) is 1.61. The van der Waals surface area contributed by atoms with Crippen molar-refractivity contribution in [3.05, 3.63) is 81.9 Å². The van der Waals surface area contributed by atoms with Gasteiger partial charge in [-0.3, -0.25) is 9.20 Å².